The Bertz CT molecular complexity index is 1320. The molecule has 2 atom stereocenters. The lowest BCUT2D eigenvalue weighted by Crippen LogP contribution is -2.46. The Morgan fingerprint density at radius 3 is 2.82 bits per heavy atom. The molecule has 0 radical (unpaired) electrons. The van der Waals surface area contributed by atoms with Gasteiger partial charge in [0.2, 0.25) is 10.0 Å². The fourth-order valence-corrected chi connectivity index (χ4v) is 5.10. The fraction of sp³-hybridized carbons (Fsp3) is 0.333. The zero-order chi connectivity index (χ0) is 23.9. The molecular weight excluding hydrogens is 470 g/mol. The van der Waals surface area contributed by atoms with Crippen LogP contribution in [0.5, 0.6) is 0 Å². The van der Waals surface area contributed by atoms with Gasteiger partial charge >= 0.3 is 6.09 Å². The summed E-state index contributed by atoms with van der Waals surface area (Å²) in [6, 6.07) is 5.97. The number of nitrogens with two attached hydrogens (primary N) is 1. The molecule has 2 N–H and O–H groups in total. The molecule has 0 bridgehead atoms. The summed E-state index contributed by atoms with van der Waals surface area (Å²) in [5, 5.41) is 5.49. The van der Waals surface area contributed by atoms with Crippen molar-refractivity contribution in [3.8, 4) is 11.3 Å². The number of carbonyl (C=O) groups is 1. The molecule has 2 aromatic heterocycles. The minimum absolute atomic E-state index is 0.157. The number of aromatic nitrogens is 2. The van der Waals surface area contributed by atoms with Gasteiger partial charge in [0.05, 0.1) is 42.6 Å². The Hall–Kier alpha value is -2.59. The third-order valence-corrected chi connectivity index (χ3v) is 6.88. The van der Waals surface area contributed by atoms with E-state index in [0.717, 1.165) is 11.6 Å². The Morgan fingerprint density at radius 1 is 1.39 bits per heavy atom. The quantitative estimate of drug-likeness (QED) is 0.551. The number of fused-ring (bicyclic) bond motifs is 1. The molecule has 33 heavy (non-hydrogen) atoms. The number of primary sulfonamides is 1. The number of carbonyl (C=O) groups excluding carboxylic acids is 1. The summed E-state index contributed by atoms with van der Waals surface area (Å²) >= 11 is 0. The second kappa shape index (κ2) is 8.98. The Morgan fingerprint density at radius 2 is 2.15 bits per heavy atom. The van der Waals surface area contributed by atoms with Gasteiger partial charge in [-0.05, 0) is 42.1 Å². The molecule has 1 saturated heterocycles. The summed E-state index contributed by atoms with van der Waals surface area (Å²) in [4.78, 5) is 17.9. The molecule has 1 aliphatic rings. The molecule has 3 aromatic rings. The number of nitrogens with zero attached hydrogens (tertiary/aromatic N) is 3. The van der Waals surface area contributed by atoms with Crippen molar-refractivity contribution in [1.29, 1.82) is 0 Å². The number of hydrogen-bond acceptors (Lipinski definition) is 6. The van der Waals surface area contributed by atoms with Gasteiger partial charge in [0.1, 0.15) is 11.5 Å². The smallest absolute Gasteiger partial charge is 0.409 e. The van der Waals surface area contributed by atoms with E-state index in [1.165, 1.54) is 13.2 Å². The number of morpholine rings is 1. The average Bonchev–Trinajstić information content (AvgIpc) is 3.09. The van der Waals surface area contributed by atoms with Crippen molar-refractivity contribution in [3.63, 3.8) is 0 Å². The van der Waals surface area contributed by atoms with Gasteiger partial charge < -0.3 is 18.8 Å². The number of pyridine rings is 1. The van der Waals surface area contributed by atoms with Gasteiger partial charge in [0.25, 0.3) is 0 Å². The van der Waals surface area contributed by atoms with Crippen molar-refractivity contribution < 1.29 is 27.1 Å². The Balaban J connectivity index is 1.82. The Labute approximate surface area is 192 Å². The molecular formula is C21H24FN4O5PS. The first-order chi connectivity index (χ1) is 15.6. The van der Waals surface area contributed by atoms with Crippen LogP contribution >= 0.6 is 9.24 Å². The number of benzene rings is 1. The summed E-state index contributed by atoms with van der Waals surface area (Å²) in [7, 11) is -0.393. The van der Waals surface area contributed by atoms with Crippen LogP contribution in [0.4, 0.5) is 9.18 Å². The standard InChI is InChI=1S/C21H24FN4O5PS/c1-12-3-4-26-16(8-13-11-25(5-6-31-13)21(27)30-2)20(24-18(26)7-12)19-15(22)9-14(10-17(19)32)33(23,28)29/h3-4,7,9-10,13H,5-6,8,11,32H2,1-2H3,(H2,23,28,29)/t13-/m0/s1. The van der Waals surface area contributed by atoms with Crippen LogP contribution < -0.4 is 10.4 Å². The Kier molecular flexibility index (Phi) is 6.41. The average molecular weight is 494 g/mol. The largest absolute Gasteiger partial charge is 0.453 e. The van der Waals surface area contributed by atoms with Gasteiger partial charge in [-0.1, -0.05) is 0 Å². The molecule has 1 unspecified atom stereocenters. The van der Waals surface area contributed by atoms with E-state index >= 15 is 4.39 Å². The molecule has 1 aromatic carbocycles. The maximum atomic E-state index is 15.2. The van der Waals surface area contributed by atoms with E-state index in [0.29, 0.717) is 48.5 Å². The van der Waals surface area contributed by atoms with Crippen LogP contribution in [0.25, 0.3) is 16.9 Å². The maximum absolute atomic E-state index is 15.2. The van der Waals surface area contributed by atoms with Crippen LogP contribution in [0.3, 0.4) is 0 Å². The van der Waals surface area contributed by atoms with Crippen molar-refractivity contribution in [2.75, 3.05) is 26.8 Å². The molecule has 1 aliphatic heterocycles. The van der Waals surface area contributed by atoms with Crippen molar-refractivity contribution in [3.05, 3.63) is 47.5 Å². The van der Waals surface area contributed by atoms with Crippen LogP contribution in [-0.4, -0.2) is 61.7 Å². The minimum Gasteiger partial charge on any atom is -0.453 e. The summed E-state index contributed by atoms with van der Waals surface area (Å²) in [5.74, 6) is -0.756. The highest BCUT2D eigenvalue weighted by molar-refractivity contribution is 7.89. The number of aryl methyl sites for hydroxylation is 1. The third kappa shape index (κ3) is 4.72. The number of methoxy groups -OCH3 is 1. The van der Waals surface area contributed by atoms with Gasteiger partial charge in [-0.15, -0.1) is 9.24 Å². The summed E-state index contributed by atoms with van der Waals surface area (Å²) in [6.45, 7) is 3.00. The SMILES string of the molecule is COC(=O)N1CCO[C@@H](Cc2c(-c3c(F)cc(S(N)(=O)=O)cc3P)nc3cc(C)ccn23)C1. The van der Waals surface area contributed by atoms with Crippen molar-refractivity contribution in [2.45, 2.75) is 24.3 Å². The lowest BCUT2D eigenvalue weighted by Gasteiger charge is -2.32. The molecule has 12 heteroatoms. The second-order valence-corrected chi connectivity index (χ2v) is 10.1. The minimum atomic E-state index is -4.07. The second-order valence-electron chi connectivity index (χ2n) is 7.87. The number of hydrogen-bond donors (Lipinski definition) is 1. The number of rotatable bonds is 4. The predicted octanol–water partition coefficient (Wildman–Crippen LogP) is 1.61. The molecule has 3 heterocycles. The number of imidazole rings is 1. The van der Waals surface area contributed by atoms with Crippen LogP contribution in [0.2, 0.25) is 0 Å². The van der Waals surface area contributed by atoms with E-state index in [2.05, 4.69) is 14.2 Å². The van der Waals surface area contributed by atoms with Gasteiger partial charge in [0, 0.05) is 24.7 Å². The normalized spacial score (nSPS) is 16.9. The molecule has 1 amide bonds. The first-order valence-electron chi connectivity index (χ1n) is 10.1. The van der Waals surface area contributed by atoms with Gasteiger partial charge in [-0.2, -0.15) is 0 Å². The highest BCUT2D eigenvalue weighted by Crippen LogP contribution is 2.30. The van der Waals surface area contributed by atoms with Gasteiger partial charge in [-0.25, -0.2) is 27.7 Å². The molecule has 9 nitrogen and oxygen atoms in total. The first-order valence-corrected chi connectivity index (χ1v) is 12.2. The summed E-state index contributed by atoms with van der Waals surface area (Å²) in [5.41, 5.74) is 2.78. The number of sulfonamides is 1. The van der Waals surface area contributed by atoms with Crippen molar-refractivity contribution in [2.24, 2.45) is 5.14 Å². The summed E-state index contributed by atoms with van der Waals surface area (Å²) in [6.07, 6.45) is 1.39. The maximum Gasteiger partial charge on any atom is 0.409 e. The number of amides is 1. The molecule has 4 rings (SSSR count). The number of ether oxygens (including phenoxy) is 2. The van der Waals surface area contributed by atoms with E-state index in [1.54, 1.807) is 4.90 Å². The van der Waals surface area contributed by atoms with Gasteiger partial charge in [0.15, 0.2) is 0 Å². The molecule has 176 valence electrons. The monoisotopic (exact) mass is 494 g/mol. The van der Waals surface area contributed by atoms with Crippen molar-refractivity contribution >= 4 is 36.3 Å². The fourth-order valence-electron chi connectivity index (χ4n) is 3.96. The molecule has 0 aliphatic carbocycles. The van der Waals surface area contributed by atoms with Crippen LogP contribution in [0.15, 0.2) is 35.4 Å². The zero-order valence-corrected chi connectivity index (χ0v) is 20.1. The molecule has 0 saturated carbocycles. The summed E-state index contributed by atoms with van der Waals surface area (Å²) < 4.78 is 51.2. The first kappa shape index (κ1) is 23.6. The molecule has 1 fully saturated rings. The predicted molar refractivity (Wildman–Crippen MR) is 123 cm³/mol. The van der Waals surface area contributed by atoms with E-state index < -0.39 is 21.9 Å². The lowest BCUT2D eigenvalue weighted by molar-refractivity contribution is -0.0241. The van der Waals surface area contributed by atoms with E-state index in [9.17, 15) is 13.2 Å². The lowest BCUT2D eigenvalue weighted by atomic mass is 10.0. The van der Waals surface area contributed by atoms with E-state index in [4.69, 9.17) is 14.6 Å². The van der Waals surface area contributed by atoms with Crippen LogP contribution in [0, 0.1) is 12.7 Å². The van der Waals surface area contributed by atoms with Crippen LogP contribution in [-0.2, 0) is 25.9 Å². The number of halogens is 1. The van der Waals surface area contributed by atoms with Crippen molar-refractivity contribution in [1.82, 2.24) is 14.3 Å². The topological polar surface area (TPSA) is 116 Å². The van der Waals surface area contributed by atoms with E-state index in [-0.39, 0.29) is 16.6 Å². The highest BCUT2D eigenvalue weighted by Gasteiger charge is 2.29. The highest BCUT2D eigenvalue weighted by atomic mass is 32.2. The zero-order valence-electron chi connectivity index (χ0n) is 18.1. The van der Waals surface area contributed by atoms with E-state index in [1.807, 2.05) is 29.7 Å². The third-order valence-electron chi connectivity index (χ3n) is 5.53. The molecule has 0 spiro atoms. The van der Waals surface area contributed by atoms with Crippen LogP contribution in [0.1, 0.15) is 11.3 Å². The van der Waals surface area contributed by atoms with Gasteiger partial charge in [-0.3, -0.25) is 0 Å².